The van der Waals surface area contributed by atoms with E-state index in [0.29, 0.717) is 11.1 Å². The molecule has 0 aliphatic carbocycles. The smallest absolute Gasteiger partial charge is 0.349 e. The zero-order chi connectivity index (χ0) is 10.4. The summed E-state index contributed by atoms with van der Waals surface area (Å²) in [5.41, 5.74) is 0.453. The fourth-order valence-corrected chi connectivity index (χ4v) is 1.70. The second-order valence-corrected chi connectivity index (χ2v) is 3.24. The van der Waals surface area contributed by atoms with Gasteiger partial charge in [-0.2, -0.15) is 0 Å². The lowest BCUT2D eigenvalue weighted by atomic mass is 10.1. The summed E-state index contributed by atoms with van der Waals surface area (Å²) in [4.78, 5) is 26.3. The second kappa shape index (κ2) is 2.63. The molecule has 0 unspecified atom stereocenters. The third-order valence-corrected chi connectivity index (χ3v) is 2.38. The first-order valence-corrected chi connectivity index (χ1v) is 4.41. The zero-order valence-corrected chi connectivity index (χ0v) is 7.56. The fourth-order valence-electron chi connectivity index (χ4n) is 1.70. The van der Waals surface area contributed by atoms with Gasteiger partial charge in [0.15, 0.2) is 0 Å². The monoisotopic (exact) mass is 199 g/mol. The SMILES string of the molecule is O=C1N=Cc2c1c(=O)oc1ccccc21. The number of amides is 1. The first-order chi connectivity index (χ1) is 7.27. The molecule has 72 valence electrons. The minimum atomic E-state index is -0.619. The molecule has 4 nitrogen and oxygen atoms in total. The molecule has 15 heavy (non-hydrogen) atoms. The van der Waals surface area contributed by atoms with E-state index in [4.69, 9.17) is 4.42 Å². The van der Waals surface area contributed by atoms with Crippen molar-refractivity contribution in [2.24, 2.45) is 4.99 Å². The number of carbonyl (C=O) groups is 1. The summed E-state index contributed by atoms with van der Waals surface area (Å²) in [6.45, 7) is 0. The number of fused-ring (bicyclic) bond motifs is 3. The molecule has 0 spiro atoms. The molecule has 0 radical (unpaired) electrons. The standard InChI is InChI=1S/C11H5NO3/c13-10-9-7(5-12-10)6-3-1-2-4-8(6)15-11(9)14/h1-5H. The number of hydrogen-bond acceptors (Lipinski definition) is 3. The molecule has 1 amide bonds. The predicted molar refractivity (Wildman–Crippen MR) is 54.4 cm³/mol. The average Bonchev–Trinajstić information content (AvgIpc) is 2.62. The third-order valence-electron chi connectivity index (χ3n) is 2.38. The van der Waals surface area contributed by atoms with E-state index in [1.54, 1.807) is 18.2 Å². The number of nitrogens with zero attached hydrogens (tertiary/aromatic N) is 1. The Hall–Kier alpha value is -2.23. The van der Waals surface area contributed by atoms with Crippen LogP contribution in [0.1, 0.15) is 15.9 Å². The summed E-state index contributed by atoms with van der Waals surface area (Å²) in [7, 11) is 0. The van der Waals surface area contributed by atoms with Gasteiger partial charge in [0.05, 0.1) is 0 Å². The maximum absolute atomic E-state index is 11.5. The first-order valence-electron chi connectivity index (χ1n) is 4.41. The topological polar surface area (TPSA) is 59.6 Å². The van der Waals surface area contributed by atoms with Gasteiger partial charge in [0, 0.05) is 17.2 Å². The van der Waals surface area contributed by atoms with Gasteiger partial charge in [-0.05, 0) is 6.07 Å². The molecule has 0 fully saturated rings. The van der Waals surface area contributed by atoms with Gasteiger partial charge in [0.1, 0.15) is 11.1 Å². The van der Waals surface area contributed by atoms with E-state index in [-0.39, 0.29) is 5.56 Å². The van der Waals surface area contributed by atoms with Crippen molar-refractivity contribution in [3.8, 4) is 0 Å². The Morgan fingerprint density at radius 1 is 1.13 bits per heavy atom. The number of carbonyl (C=O) groups excluding carboxylic acids is 1. The second-order valence-electron chi connectivity index (χ2n) is 3.24. The summed E-state index contributed by atoms with van der Waals surface area (Å²) in [5.74, 6) is -0.524. The molecule has 1 aliphatic rings. The van der Waals surface area contributed by atoms with Gasteiger partial charge in [-0.15, -0.1) is 0 Å². The van der Waals surface area contributed by atoms with Crippen molar-refractivity contribution in [3.05, 3.63) is 45.8 Å². The van der Waals surface area contributed by atoms with Crippen LogP contribution in [0.25, 0.3) is 11.0 Å². The highest BCUT2D eigenvalue weighted by atomic mass is 16.4. The summed E-state index contributed by atoms with van der Waals surface area (Å²) >= 11 is 0. The number of para-hydroxylation sites is 1. The van der Waals surface area contributed by atoms with Crippen LogP contribution in [-0.2, 0) is 0 Å². The van der Waals surface area contributed by atoms with E-state index in [0.717, 1.165) is 5.39 Å². The van der Waals surface area contributed by atoms with Crippen molar-refractivity contribution in [1.29, 1.82) is 0 Å². The molecule has 1 aliphatic heterocycles. The fraction of sp³-hybridized carbons (Fsp3) is 0. The highest BCUT2D eigenvalue weighted by Crippen LogP contribution is 2.21. The Kier molecular flexibility index (Phi) is 1.42. The van der Waals surface area contributed by atoms with Crippen LogP contribution in [0.4, 0.5) is 0 Å². The molecule has 2 heterocycles. The van der Waals surface area contributed by atoms with Crippen LogP contribution >= 0.6 is 0 Å². The van der Waals surface area contributed by atoms with Gasteiger partial charge in [-0.25, -0.2) is 9.79 Å². The Morgan fingerprint density at radius 3 is 2.80 bits per heavy atom. The molecule has 1 aromatic carbocycles. The van der Waals surface area contributed by atoms with Gasteiger partial charge >= 0.3 is 5.63 Å². The molecule has 4 heteroatoms. The molecular weight excluding hydrogens is 194 g/mol. The Bertz CT molecular complexity index is 667. The van der Waals surface area contributed by atoms with Crippen LogP contribution < -0.4 is 5.63 Å². The van der Waals surface area contributed by atoms with E-state index in [1.165, 1.54) is 6.21 Å². The van der Waals surface area contributed by atoms with Crippen LogP contribution in [0.15, 0.2) is 38.5 Å². The van der Waals surface area contributed by atoms with E-state index in [9.17, 15) is 9.59 Å². The van der Waals surface area contributed by atoms with Crippen LogP contribution in [0.5, 0.6) is 0 Å². The summed E-state index contributed by atoms with van der Waals surface area (Å²) in [6.07, 6.45) is 1.41. The lowest BCUT2D eigenvalue weighted by Gasteiger charge is -1.99. The van der Waals surface area contributed by atoms with Crippen LogP contribution in [0, 0.1) is 0 Å². The van der Waals surface area contributed by atoms with Gasteiger partial charge in [-0.3, -0.25) is 4.79 Å². The molecule has 0 N–H and O–H groups in total. The van der Waals surface area contributed by atoms with Crippen molar-refractivity contribution >= 4 is 23.1 Å². The predicted octanol–water partition coefficient (Wildman–Crippen LogP) is 1.37. The Balaban J connectivity index is 2.59. The largest absolute Gasteiger partial charge is 0.422 e. The average molecular weight is 199 g/mol. The minimum absolute atomic E-state index is 0.0358. The third kappa shape index (κ3) is 0.985. The van der Waals surface area contributed by atoms with Gasteiger partial charge < -0.3 is 4.42 Å². The van der Waals surface area contributed by atoms with Crippen molar-refractivity contribution in [2.75, 3.05) is 0 Å². The number of hydrogen-bond donors (Lipinski definition) is 0. The quantitative estimate of drug-likeness (QED) is 0.602. The van der Waals surface area contributed by atoms with E-state index >= 15 is 0 Å². The lowest BCUT2D eigenvalue weighted by molar-refractivity contribution is 0.100. The molecule has 0 saturated carbocycles. The molecule has 0 saturated heterocycles. The van der Waals surface area contributed by atoms with Crippen LogP contribution in [-0.4, -0.2) is 12.1 Å². The van der Waals surface area contributed by atoms with Gasteiger partial charge in [0.25, 0.3) is 5.91 Å². The highest BCUT2D eigenvalue weighted by Gasteiger charge is 2.23. The summed E-state index contributed by atoms with van der Waals surface area (Å²) in [6, 6.07) is 7.07. The van der Waals surface area contributed by atoms with Crippen LogP contribution in [0.2, 0.25) is 0 Å². The number of benzene rings is 1. The van der Waals surface area contributed by atoms with Crippen LogP contribution in [0.3, 0.4) is 0 Å². The summed E-state index contributed by atoms with van der Waals surface area (Å²) in [5, 5.41) is 0.738. The normalized spacial score (nSPS) is 13.5. The zero-order valence-electron chi connectivity index (χ0n) is 7.56. The summed E-state index contributed by atoms with van der Waals surface area (Å²) < 4.78 is 5.02. The molecule has 0 atom stereocenters. The Labute approximate surface area is 83.9 Å². The van der Waals surface area contributed by atoms with Crippen molar-refractivity contribution in [3.63, 3.8) is 0 Å². The maximum atomic E-state index is 11.5. The first kappa shape index (κ1) is 8.11. The molecule has 2 aromatic rings. The molecule has 3 rings (SSSR count). The maximum Gasteiger partial charge on any atom is 0.349 e. The highest BCUT2D eigenvalue weighted by molar-refractivity contribution is 6.17. The molecular formula is C11H5NO3. The van der Waals surface area contributed by atoms with Gasteiger partial charge in [0.2, 0.25) is 0 Å². The van der Waals surface area contributed by atoms with Crippen molar-refractivity contribution < 1.29 is 9.21 Å². The van der Waals surface area contributed by atoms with E-state index in [2.05, 4.69) is 4.99 Å². The van der Waals surface area contributed by atoms with Crippen molar-refractivity contribution in [1.82, 2.24) is 0 Å². The van der Waals surface area contributed by atoms with Gasteiger partial charge in [-0.1, -0.05) is 18.2 Å². The van der Waals surface area contributed by atoms with Crippen molar-refractivity contribution in [2.45, 2.75) is 0 Å². The minimum Gasteiger partial charge on any atom is -0.422 e. The molecule has 1 aromatic heterocycles. The number of aliphatic imine (C=N–C) groups is 1. The van der Waals surface area contributed by atoms with E-state index in [1.807, 2.05) is 6.07 Å². The Morgan fingerprint density at radius 2 is 1.93 bits per heavy atom. The van der Waals surface area contributed by atoms with E-state index < -0.39 is 11.5 Å². The molecule has 0 bridgehead atoms. The number of rotatable bonds is 0. The lowest BCUT2D eigenvalue weighted by Crippen LogP contribution is -2.11.